The Morgan fingerprint density at radius 2 is 1.61 bits per heavy atom. The van der Waals surface area contributed by atoms with E-state index in [1.807, 2.05) is 20.8 Å². The highest BCUT2D eigenvalue weighted by Gasteiger charge is 2.31. The third-order valence-electron chi connectivity index (χ3n) is 4.73. The Bertz CT molecular complexity index is 1080. The zero-order valence-corrected chi connectivity index (χ0v) is 20.9. The van der Waals surface area contributed by atoms with Crippen LogP contribution in [0.3, 0.4) is 0 Å². The highest BCUT2D eigenvalue weighted by Crippen LogP contribution is 2.20. The number of amides is 2. The molecule has 1 unspecified atom stereocenters. The van der Waals surface area contributed by atoms with Crippen LogP contribution in [0.2, 0.25) is 5.02 Å². The van der Waals surface area contributed by atoms with Crippen molar-refractivity contribution in [2.45, 2.75) is 45.8 Å². The Hall–Kier alpha value is -2.65. The number of halogens is 2. The number of nitrogens with one attached hydrogen (secondary N) is 1. The molecular formula is C23H29ClFN3O4S. The van der Waals surface area contributed by atoms with E-state index in [1.165, 1.54) is 17.0 Å². The number of nitrogens with zero attached hydrogens (tertiary/aromatic N) is 2. The molecule has 0 spiro atoms. The van der Waals surface area contributed by atoms with E-state index in [4.69, 9.17) is 11.6 Å². The van der Waals surface area contributed by atoms with Gasteiger partial charge in [0.05, 0.1) is 11.9 Å². The second kappa shape index (κ2) is 10.5. The van der Waals surface area contributed by atoms with E-state index in [9.17, 15) is 22.4 Å². The fourth-order valence-electron chi connectivity index (χ4n) is 3.06. The average molecular weight is 498 g/mol. The van der Waals surface area contributed by atoms with Crippen molar-refractivity contribution in [3.8, 4) is 0 Å². The molecule has 2 aromatic rings. The molecule has 0 fully saturated rings. The van der Waals surface area contributed by atoms with E-state index in [-0.39, 0.29) is 18.1 Å². The zero-order valence-electron chi connectivity index (χ0n) is 19.3. The fourth-order valence-corrected chi connectivity index (χ4v) is 4.04. The lowest BCUT2D eigenvalue weighted by atomic mass is 10.1. The van der Waals surface area contributed by atoms with Crippen molar-refractivity contribution in [1.82, 2.24) is 10.2 Å². The van der Waals surface area contributed by atoms with Gasteiger partial charge in [-0.25, -0.2) is 12.8 Å². The predicted octanol–water partition coefficient (Wildman–Crippen LogP) is 3.58. The topological polar surface area (TPSA) is 86.8 Å². The Labute approximate surface area is 199 Å². The minimum Gasteiger partial charge on any atom is -0.350 e. The summed E-state index contributed by atoms with van der Waals surface area (Å²) in [4.78, 5) is 27.5. The zero-order chi connectivity index (χ0) is 25.0. The molecule has 33 heavy (non-hydrogen) atoms. The van der Waals surface area contributed by atoms with Gasteiger partial charge in [0.2, 0.25) is 21.8 Å². The van der Waals surface area contributed by atoms with Crippen LogP contribution in [-0.2, 0) is 26.2 Å². The maximum Gasteiger partial charge on any atom is 0.244 e. The van der Waals surface area contributed by atoms with Crippen molar-refractivity contribution in [3.63, 3.8) is 0 Å². The molecule has 0 saturated carbocycles. The van der Waals surface area contributed by atoms with Gasteiger partial charge in [0, 0.05) is 17.1 Å². The number of anilines is 1. The molecule has 2 amide bonds. The van der Waals surface area contributed by atoms with E-state index in [0.717, 1.165) is 28.3 Å². The monoisotopic (exact) mass is 497 g/mol. The minimum atomic E-state index is -3.87. The molecule has 180 valence electrons. The van der Waals surface area contributed by atoms with Crippen LogP contribution in [0.1, 0.15) is 33.3 Å². The molecular weight excluding hydrogens is 469 g/mol. The third-order valence-corrected chi connectivity index (χ3v) is 6.12. The minimum absolute atomic E-state index is 0.0652. The standard InChI is InChI=1S/C23H29ClFN3O4S/c1-16(22(30)26-23(2,3)4)27(14-17-6-8-18(24)9-7-17)21(29)15-28(33(5,31)32)20-12-10-19(25)11-13-20/h6-13,16H,14-15H2,1-5H3,(H,26,30). The Kier molecular flexibility index (Phi) is 8.48. The summed E-state index contributed by atoms with van der Waals surface area (Å²) in [5, 5.41) is 3.37. The van der Waals surface area contributed by atoms with Gasteiger partial charge in [-0.1, -0.05) is 23.7 Å². The van der Waals surface area contributed by atoms with Crippen molar-refractivity contribution in [2.24, 2.45) is 0 Å². The first kappa shape index (κ1) is 26.6. The first-order valence-electron chi connectivity index (χ1n) is 10.3. The van der Waals surface area contributed by atoms with Crippen LogP contribution in [0.5, 0.6) is 0 Å². The van der Waals surface area contributed by atoms with Gasteiger partial charge in [-0.15, -0.1) is 0 Å². The molecule has 2 aromatic carbocycles. The molecule has 0 heterocycles. The van der Waals surface area contributed by atoms with Crippen LogP contribution in [0, 0.1) is 5.82 Å². The fraction of sp³-hybridized carbons (Fsp3) is 0.391. The molecule has 10 heteroatoms. The number of carbonyl (C=O) groups excluding carboxylic acids is 2. The van der Waals surface area contributed by atoms with Crippen molar-refractivity contribution in [2.75, 3.05) is 17.1 Å². The molecule has 0 bridgehead atoms. The Morgan fingerprint density at radius 3 is 2.09 bits per heavy atom. The number of sulfonamides is 1. The van der Waals surface area contributed by atoms with Gasteiger partial charge in [-0.05, 0) is 69.7 Å². The quantitative estimate of drug-likeness (QED) is 0.604. The van der Waals surface area contributed by atoms with Crippen molar-refractivity contribution in [1.29, 1.82) is 0 Å². The van der Waals surface area contributed by atoms with E-state index >= 15 is 0 Å². The summed E-state index contributed by atoms with van der Waals surface area (Å²) in [7, 11) is -3.87. The smallest absolute Gasteiger partial charge is 0.244 e. The van der Waals surface area contributed by atoms with Gasteiger partial charge in [0.25, 0.3) is 0 Å². The summed E-state index contributed by atoms with van der Waals surface area (Å²) in [6.07, 6.45) is 0.961. The van der Waals surface area contributed by atoms with Gasteiger partial charge in [-0.3, -0.25) is 13.9 Å². The Balaban J connectivity index is 2.38. The number of rotatable bonds is 8. The first-order valence-corrected chi connectivity index (χ1v) is 12.5. The molecule has 0 aliphatic carbocycles. The van der Waals surface area contributed by atoms with Crippen molar-refractivity contribution < 1.29 is 22.4 Å². The number of hydrogen-bond donors (Lipinski definition) is 1. The summed E-state index contributed by atoms with van der Waals surface area (Å²) >= 11 is 5.95. The van der Waals surface area contributed by atoms with Gasteiger partial charge in [0.15, 0.2) is 0 Å². The summed E-state index contributed by atoms with van der Waals surface area (Å²) in [5.74, 6) is -1.50. The van der Waals surface area contributed by atoms with Gasteiger partial charge >= 0.3 is 0 Å². The van der Waals surface area contributed by atoms with E-state index in [1.54, 1.807) is 31.2 Å². The SMILES string of the molecule is CC(C(=O)NC(C)(C)C)N(Cc1ccc(Cl)cc1)C(=O)CN(c1ccc(F)cc1)S(C)(=O)=O. The van der Waals surface area contributed by atoms with E-state index < -0.39 is 39.9 Å². The van der Waals surface area contributed by atoms with Crippen LogP contribution in [0.15, 0.2) is 48.5 Å². The molecule has 0 aliphatic heterocycles. The van der Waals surface area contributed by atoms with Crippen molar-refractivity contribution in [3.05, 3.63) is 64.9 Å². The lowest BCUT2D eigenvalue weighted by molar-refractivity contribution is -0.140. The number of benzene rings is 2. The summed E-state index contributed by atoms with van der Waals surface area (Å²) < 4.78 is 39.1. The average Bonchev–Trinajstić information content (AvgIpc) is 2.69. The first-order chi connectivity index (χ1) is 15.2. The highest BCUT2D eigenvalue weighted by atomic mass is 35.5. The van der Waals surface area contributed by atoms with Crippen LogP contribution in [0.4, 0.5) is 10.1 Å². The van der Waals surface area contributed by atoms with Crippen LogP contribution in [-0.4, -0.2) is 49.5 Å². The molecule has 0 aromatic heterocycles. The predicted molar refractivity (Wildman–Crippen MR) is 128 cm³/mol. The van der Waals surface area contributed by atoms with Crippen molar-refractivity contribution >= 4 is 39.1 Å². The normalized spacial score (nSPS) is 12.7. The largest absolute Gasteiger partial charge is 0.350 e. The third kappa shape index (κ3) is 8.01. The lowest BCUT2D eigenvalue weighted by Gasteiger charge is -2.33. The Morgan fingerprint density at radius 1 is 1.06 bits per heavy atom. The van der Waals surface area contributed by atoms with Gasteiger partial charge in [0.1, 0.15) is 18.4 Å². The highest BCUT2D eigenvalue weighted by molar-refractivity contribution is 7.92. The molecule has 7 nitrogen and oxygen atoms in total. The van der Waals surface area contributed by atoms with Crippen LogP contribution < -0.4 is 9.62 Å². The molecule has 1 atom stereocenters. The number of carbonyl (C=O) groups is 2. The van der Waals surface area contributed by atoms with Gasteiger partial charge < -0.3 is 10.2 Å². The van der Waals surface area contributed by atoms with E-state index in [0.29, 0.717) is 5.02 Å². The summed E-state index contributed by atoms with van der Waals surface area (Å²) in [6.45, 7) is 6.56. The number of hydrogen-bond acceptors (Lipinski definition) is 4. The molecule has 2 rings (SSSR count). The molecule has 0 saturated heterocycles. The second-order valence-electron chi connectivity index (χ2n) is 8.81. The van der Waals surface area contributed by atoms with Crippen LogP contribution >= 0.6 is 11.6 Å². The summed E-state index contributed by atoms with van der Waals surface area (Å²) in [6, 6.07) is 10.7. The maximum atomic E-state index is 13.4. The molecule has 0 aliphatic rings. The van der Waals surface area contributed by atoms with Gasteiger partial charge in [-0.2, -0.15) is 0 Å². The molecule has 0 radical (unpaired) electrons. The lowest BCUT2D eigenvalue weighted by Crippen LogP contribution is -2.54. The van der Waals surface area contributed by atoms with E-state index in [2.05, 4.69) is 5.32 Å². The second-order valence-corrected chi connectivity index (χ2v) is 11.2. The maximum absolute atomic E-state index is 13.4. The summed E-state index contributed by atoms with van der Waals surface area (Å²) in [5.41, 5.74) is 0.342. The molecule has 1 N–H and O–H groups in total. The van der Waals surface area contributed by atoms with Crippen LogP contribution in [0.25, 0.3) is 0 Å².